The Kier molecular flexibility index (Phi) is 7.78. The van der Waals surface area contributed by atoms with Crippen LogP contribution < -0.4 is 9.47 Å². The van der Waals surface area contributed by atoms with Gasteiger partial charge in [0.2, 0.25) is 10.0 Å². The summed E-state index contributed by atoms with van der Waals surface area (Å²) in [6.07, 6.45) is 4.45. The molecule has 0 radical (unpaired) electrons. The number of benzene rings is 2. The molecule has 2 aromatic carbocycles. The van der Waals surface area contributed by atoms with Crippen LogP contribution in [0.25, 0.3) is 0 Å². The summed E-state index contributed by atoms with van der Waals surface area (Å²) < 4.78 is 41.2. The number of carbonyl (C=O) groups excluding carboxylic acids is 1. The third-order valence-electron chi connectivity index (χ3n) is 6.81. The highest BCUT2D eigenvalue weighted by Crippen LogP contribution is 2.33. The van der Waals surface area contributed by atoms with Gasteiger partial charge in [-0.1, -0.05) is 24.6 Å². The zero-order valence-electron chi connectivity index (χ0n) is 20.0. The van der Waals surface area contributed by atoms with Crippen LogP contribution in [0.15, 0.2) is 53.4 Å². The van der Waals surface area contributed by atoms with Gasteiger partial charge < -0.3 is 14.4 Å². The molecule has 0 spiro atoms. The molecular formula is C26H34N2O5S. The fourth-order valence-electron chi connectivity index (χ4n) is 4.96. The molecule has 2 aromatic rings. The average molecular weight is 487 g/mol. The first-order valence-corrected chi connectivity index (χ1v) is 13.6. The summed E-state index contributed by atoms with van der Waals surface area (Å²) in [5.74, 6) is 1.01. The van der Waals surface area contributed by atoms with Gasteiger partial charge in [0.25, 0.3) is 5.91 Å². The molecule has 1 heterocycles. The highest BCUT2D eigenvalue weighted by atomic mass is 32.2. The predicted octanol–water partition coefficient (Wildman–Crippen LogP) is 4.33. The van der Waals surface area contributed by atoms with Crippen molar-refractivity contribution in [3.8, 4) is 11.5 Å². The van der Waals surface area contributed by atoms with Crippen LogP contribution in [0.5, 0.6) is 11.5 Å². The average Bonchev–Trinajstić information content (AvgIpc) is 2.86. The van der Waals surface area contributed by atoms with Crippen molar-refractivity contribution in [2.75, 3.05) is 26.7 Å². The summed E-state index contributed by atoms with van der Waals surface area (Å²) in [6, 6.07) is 13.7. The number of amides is 1. The van der Waals surface area contributed by atoms with E-state index < -0.39 is 10.0 Å². The monoisotopic (exact) mass is 486 g/mol. The molecule has 8 heteroatoms. The van der Waals surface area contributed by atoms with E-state index >= 15 is 0 Å². The molecule has 2 aliphatic rings. The third kappa shape index (κ3) is 5.08. The van der Waals surface area contributed by atoms with Crippen molar-refractivity contribution in [1.29, 1.82) is 0 Å². The lowest BCUT2D eigenvalue weighted by atomic mass is 9.92. The Hall–Kier alpha value is -2.58. The number of sulfonamides is 1. The molecule has 7 nitrogen and oxygen atoms in total. The van der Waals surface area contributed by atoms with Crippen LogP contribution in [-0.4, -0.2) is 62.4 Å². The van der Waals surface area contributed by atoms with Crippen molar-refractivity contribution in [3.05, 3.63) is 54.1 Å². The molecule has 1 aliphatic carbocycles. The van der Waals surface area contributed by atoms with E-state index in [1.54, 1.807) is 34.6 Å². The lowest BCUT2D eigenvalue weighted by Gasteiger charge is -2.40. The topological polar surface area (TPSA) is 76.2 Å². The highest BCUT2D eigenvalue weighted by Gasteiger charge is 2.39. The molecular weight excluding hydrogens is 452 g/mol. The minimum absolute atomic E-state index is 0.0353. The molecule has 2 atom stereocenters. The standard InChI is InChI=1S/C26H34N2O5S/c1-3-27-17-8-9-18-28(34(30,31)21-12-10-11-20(19-21)32-2)23-14-5-7-16-25(23)33-24-15-6-4-13-22(24)26(27)29/h4,6,10-13,15,19,23,25H,3,5,7-9,14,16-18H2,1-2H3/t23-,25+/m1/s1. The maximum atomic E-state index is 13.9. The first-order chi connectivity index (χ1) is 16.5. The zero-order chi connectivity index (χ0) is 24.1. The third-order valence-corrected chi connectivity index (χ3v) is 8.73. The largest absolute Gasteiger partial charge is 0.497 e. The lowest BCUT2D eigenvalue weighted by Crippen LogP contribution is -2.51. The Morgan fingerprint density at radius 1 is 1.00 bits per heavy atom. The van der Waals surface area contributed by atoms with Gasteiger partial charge in [-0.3, -0.25) is 4.79 Å². The smallest absolute Gasteiger partial charge is 0.257 e. The fourth-order valence-corrected chi connectivity index (χ4v) is 6.71. The molecule has 0 aromatic heterocycles. The molecule has 1 amide bonds. The fraction of sp³-hybridized carbons (Fsp3) is 0.500. The van der Waals surface area contributed by atoms with E-state index in [2.05, 4.69) is 0 Å². The molecule has 0 saturated heterocycles. The van der Waals surface area contributed by atoms with Crippen molar-refractivity contribution >= 4 is 15.9 Å². The number of hydrogen-bond donors (Lipinski definition) is 0. The van der Waals surface area contributed by atoms with E-state index in [-0.39, 0.29) is 22.9 Å². The van der Waals surface area contributed by atoms with Crippen molar-refractivity contribution in [3.63, 3.8) is 0 Å². The first kappa shape index (κ1) is 24.5. The molecule has 184 valence electrons. The summed E-state index contributed by atoms with van der Waals surface area (Å²) in [6.45, 7) is 3.51. The number of rotatable bonds is 4. The second-order valence-electron chi connectivity index (χ2n) is 8.89. The number of para-hydroxylation sites is 1. The van der Waals surface area contributed by atoms with E-state index in [0.29, 0.717) is 43.1 Å². The zero-order valence-corrected chi connectivity index (χ0v) is 20.8. The minimum Gasteiger partial charge on any atom is -0.497 e. The molecule has 34 heavy (non-hydrogen) atoms. The summed E-state index contributed by atoms with van der Waals surface area (Å²) in [5.41, 5.74) is 0.538. The predicted molar refractivity (Wildman–Crippen MR) is 131 cm³/mol. The molecule has 1 fully saturated rings. The van der Waals surface area contributed by atoms with Crippen LogP contribution in [0.2, 0.25) is 0 Å². The van der Waals surface area contributed by atoms with Crippen LogP contribution in [0.3, 0.4) is 0 Å². The Bertz CT molecular complexity index is 1100. The van der Waals surface area contributed by atoms with Crippen molar-refractivity contribution in [2.24, 2.45) is 0 Å². The Morgan fingerprint density at radius 3 is 2.56 bits per heavy atom. The number of hydrogen-bond acceptors (Lipinski definition) is 5. The van der Waals surface area contributed by atoms with Crippen LogP contribution in [0.4, 0.5) is 0 Å². The summed E-state index contributed by atoms with van der Waals surface area (Å²) >= 11 is 0. The molecule has 1 saturated carbocycles. The van der Waals surface area contributed by atoms with E-state index in [1.165, 1.54) is 7.11 Å². The Labute approximate surface area is 202 Å². The molecule has 4 rings (SSSR count). The van der Waals surface area contributed by atoms with Gasteiger partial charge in [-0.25, -0.2) is 8.42 Å². The maximum absolute atomic E-state index is 13.9. The Balaban J connectivity index is 1.75. The van der Waals surface area contributed by atoms with Crippen molar-refractivity contribution in [2.45, 2.75) is 62.5 Å². The molecule has 0 bridgehead atoms. The van der Waals surface area contributed by atoms with E-state index in [0.717, 1.165) is 32.1 Å². The highest BCUT2D eigenvalue weighted by molar-refractivity contribution is 7.89. The summed E-state index contributed by atoms with van der Waals surface area (Å²) in [5, 5.41) is 0. The van der Waals surface area contributed by atoms with E-state index in [4.69, 9.17) is 9.47 Å². The molecule has 0 unspecified atom stereocenters. The number of methoxy groups -OCH3 is 1. The number of ether oxygens (including phenoxy) is 2. The van der Waals surface area contributed by atoms with E-state index in [1.807, 2.05) is 30.0 Å². The quantitative estimate of drug-likeness (QED) is 0.643. The van der Waals surface area contributed by atoms with Gasteiger partial charge >= 0.3 is 0 Å². The number of fused-ring (bicyclic) bond motifs is 2. The maximum Gasteiger partial charge on any atom is 0.257 e. The molecule has 0 N–H and O–H groups in total. The summed E-state index contributed by atoms with van der Waals surface area (Å²) in [7, 11) is -2.24. The molecule has 1 aliphatic heterocycles. The number of nitrogens with zero attached hydrogens (tertiary/aromatic N) is 2. The second kappa shape index (κ2) is 10.8. The van der Waals surface area contributed by atoms with Crippen LogP contribution >= 0.6 is 0 Å². The Morgan fingerprint density at radius 2 is 1.76 bits per heavy atom. The minimum atomic E-state index is -3.77. The van der Waals surface area contributed by atoms with Crippen LogP contribution in [0.1, 0.15) is 55.8 Å². The lowest BCUT2D eigenvalue weighted by molar-refractivity contribution is 0.0641. The van der Waals surface area contributed by atoms with Gasteiger partial charge in [0, 0.05) is 25.7 Å². The van der Waals surface area contributed by atoms with Gasteiger partial charge in [-0.05, 0) is 63.3 Å². The number of carbonyl (C=O) groups is 1. The second-order valence-corrected chi connectivity index (χ2v) is 10.8. The SMILES string of the molecule is CCN1CCCCN(S(=O)(=O)c2cccc(OC)c2)[C@@H]2CCCC[C@@H]2Oc2ccccc2C1=O. The normalized spacial score (nSPS) is 22.5. The van der Waals surface area contributed by atoms with Gasteiger partial charge in [0.15, 0.2) is 0 Å². The van der Waals surface area contributed by atoms with Crippen molar-refractivity contribution in [1.82, 2.24) is 9.21 Å². The van der Waals surface area contributed by atoms with Crippen molar-refractivity contribution < 1.29 is 22.7 Å². The van der Waals surface area contributed by atoms with Crippen LogP contribution in [-0.2, 0) is 10.0 Å². The summed E-state index contributed by atoms with van der Waals surface area (Å²) in [4.78, 5) is 15.3. The van der Waals surface area contributed by atoms with Crippen LogP contribution in [0, 0.1) is 0 Å². The first-order valence-electron chi connectivity index (χ1n) is 12.2. The van der Waals surface area contributed by atoms with Gasteiger partial charge in [0.05, 0.1) is 23.6 Å². The van der Waals surface area contributed by atoms with Gasteiger partial charge in [-0.15, -0.1) is 0 Å². The van der Waals surface area contributed by atoms with Gasteiger partial charge in [0.1, 0.15) is 17.6 Å². The van der Waals surface area contributed by atoms with E-state index in [9.17, 15) is 13.2 Å². The van der Waals surface area contributed by atoms with Gasteiger partial charge in [-0.2, -0.15) is 4.31 Å².